The summed E-state index contributed by atoms with van der Waals surface area (Å²) >= 11 is 6.02. The number of hydrogen-bond donors (Lipinski definition) is 1. The van der Waals surface area contributed by atoms with Gasteiger partial charge in [0.1, 0.15) is 11.8 Å². The lowest BCUT2D eigenvalue weighted by molar-refractivity contribution is -0.146. The number of esters is 2. The second-order valence-electron chi connectivity index (χ2n) is 12.3. The van der Waals surface area contributed by atoms with Crippen LogP contribution in [-0.2, 0) is 30.3 Å². The van der Waals surface area contributed by atoms with Crippen molar-refractivity contribution >= 4 is 52.2 Å². The van der Waals surface area contributed by atoms with Gasteiger partial charge in [-0.25, -0.2) is 0 Å². The molecule has 1 heterocycles. The molecule has 0 aliphatic heterocycles. The van der Waals surface area contributed by atoms with E-state index >= 15 is 0 Å². The maximum Gasteiger partial charge on any atom is 0.310 e. The molecular weight excluding hydrogens is 686 g/mol. The minimum Gasteiger partial charge on any atom is -0.497 e. The molecule has 4 rings (SSSR count). The number of nitrogens with one attached hydrogen (secondary N) is 1. The van der Waals surface area contributed by atoms with Gasteiger partial charge < -0.3 is 24.4 Å². The number of fused-ring (bicyclic) bond motifs is 1. The van der Waals surface area contributed by atoms with Gasteiger partial charge in [-0.1, -0.05) is 43.6 Å². The van der Waals surface area contributed by atoms with Crippen LogP contribution in [0.3, 0.4) is 0 Å². The third kappa shape index (κ3) is 10.4. The van der Waals surface area contributed by atoms with Crippen LogP contribution in [0.2, 0.25) is 5.02 Å². The molecule has 1 unspecified atom stereocenters. The summed E-state index contributed by atoms with van der Waals surface area (Å²) in [7, 11) is 1.54. The number of amides is 2. The van der Waals surface area contributed by atoms with Crippen LogP contribution in [0.5, 0.6) is 5.75 Å². The number of halogens is 1. The van der Waals surface area contributed by atoms with E-state index in [-0.39, 0.29) is 50.7 Å². The normalized spacial score (nSPS) is 11.5. The molecule has 0 saturated carbocycles. The van der Waals surface area contributed by atoms with E-state index in [1.165, 1.54) is 0 Å². The summed E-state index contributed by atoms with van der Waals surface area (Å²) in [5, 5.41) is 4.01. The van der Waals surface area contributed by atoms with Gasteiger partial charge in [-0.2, -0.15) is 0 Å². The first-order valence-electron chi connectivity index (χ1n) is 17.5. The maximum absolute atomic E-state index is 13.5. The third-order valence-electron chi connectivity index (χ3n) is 8.55. The molecule has 3 aromatic carbocycles. The van der Waals surface area contributed by atoms with Crippen molar-refractivity contribution in [2.45, 2.75) is 65.3 Å². The number of ether oxygens (including phenoxy) is 3. The summed E-state index contributed by atoms with van der Waals surface area (Å²) in [6.07, 6.45) is 1.69. The lowest BCUT2D eigenvalue weighted by Gasteiger charge is -2.27. The first-order valence-corrected chi connectivity index (χ1v) is 17.9. The zero-order valence-corrected chi connectivity index (χ0v) is 30.9. The van der Waals surface area contributed by atoms with Crippen molar-refractivity contribution in [3.8, 4) is 5.75 Å². The highest BCUT2D eigenvalue weighted by Crippen LogP contribution is 2.31. The number of carbonyl (C=O) groups excluding carboxylic acids is 5. The Hall–Kier alpha value is -5.16. The standard InChI is InChI=1S/C40H46ClN3O8/c1-5-21-43(22-6-2)40(49)34(42-38(47)28-11-8-7-9-12-28)18-20-36(45)51-23-10-24-52-37(46)26-32-27(3)44(35-19-17-31(50-4)25-33(32)35)39(48)29-13-15-30(41)16-14-29/h7-9,11-17,19,25,34H,5-6,10,18,20-24,26H2,1-4H3,(H,42,47). The molecule has 4 aromatic rings. The Kier molecular flexibility index (Phi) is 14.8. The maximum atomic E-state index is 13.5. The van der Waals surface area contributed by atoms with Crippen molar-refractivity contribution < 1.29 is 38.2 Å². The van der Waals surface area contributed by atoms with Gasteiger partial charge >= 0.3 is 11.9 Å². The number of benzene rings is 3. The van der Waals surface area contributed by atoms with Crippen molar-refractivity contribution in [1.29, 1.82) is 0 Å². The molecule has 1 atom stereocenters. The van der Waals surface area contributed by atoms with Crippen LogP contribution in [0.4, 0.5) is 0 Å². The molecule has 0 spiro atoms. The Labute approximate surface area is 309 Å². The highest BCUT2D eigenvalue weighted by atomic mass is 35.5. The first-order chi connectivity index (χ1) is 25.1. The summed E-state index contributed by atoms with van der Waals surface area (Å²) in [5.74, 6) is -1.35. The quantitative estimate of drug-likeness (QED) is 0.0901. The number of nitrogens with zero attached hydrogens (tertiary/aromatic N) is 2. The van der Waals surface area contributed by atoms with Crippen molar-refractivity contribution in [2.24, 2.45) is 0 Å². The van der Waals surface area contributed by atoms with E-state index in [9.17, 15) is 24.0 Å². The third-order valence-corrected chi connectivity index (χ3v) is 8.80. The van der Waals surface area contributed by atoms with Crippen LogP contribution in [0, 0.1) is 6.92 Å². The second kappa shape index (κ2) is 19.4. The van der Waals surface area contributed by atoms with Crippen LogP contribution in [0.15, 0.2) is 72.8 Å². The van der Waals surface area contributed by atoms with Gasteiger partial charge in [0.2, 0.25) is 5.91 Å². The molecule has 12 heteroatoms. The number of hydrogen-bond acceptors (Lipinski definition) is 8. The zero-order valence-electron chi connectivity index (χ0n) is 30.1. The molecule has 52 heavy (non-hydrogen) atoms. The van der Waals surface area contributed by atoms with Crippen molar-refractivity contribution in [3.05, 3.63) is 100 Å². The van der Waals surface area contributed by atoms with Gasteiger partial charge in [0, 0.05) is 53.2 Å². The van der Waals surface area contributed by atoms with Gasteiger partial charge in [-0.05, 0) is 86.3 Å². The predicted molar refractivity (Wildman–Crippen MR) is 199 cm³/mol. The lowest BCUT2D eigenvalue weighted by atomic mass is 10.1. The molecule has 0 radical (unpaired) electrons. The minimum absolute atomic E-state index is 0.00399. The topological polar surface area (TPSA) is 133 Å². The Morgan fingerprint density at radius 1 is 0.846 bits per heavy atom. The van der Waals surface area contributed by atoms with E-state index < -0.39 is 23.9 Å². The van der Waals surface area contributed by atoms with Crippen LogP contribution in [0.1, 0.15) is 77.9 Å². The molecular formula is C40H46ClN3O8. The van der Waals surface area contributed by atoms with E-state index in [2.05, 4.69) is 5.32 Å². The van der Waals surface area contributed by atoms with Crippen molar-refractivity contribution in [3.63, 3.8) is 0 Å². The van der Waals surface area contributed by atoms with E-state index in [0.29, 0.717) is 57.1 Å². The van der Waals surface area contributed by atoms with E-state index in [4.69, 9.17) is 25.8 Å². The summed E-state index contributed by atoms with van der Waals surface area (Å²) in [4.78, 5) is 67.2. The Morgan fingerprint density at radius 2 is 1.50 bits per heavy atom. The first kappa shape index (κ1) is 39.6. The fraction of sp³-hybridized carbons (Fsp3) is 0.375. The van der Waals surface area contributed by atoms with E-state index in [1.807, 2.05) is 13.8 Å². The number of aromatic nitrogens is 1. The molecule has 1 N–H and O–H groups in total. The molecule has 0 aliphatic rings. The monoisotopic (exact) mass is 731 g/mol. The summed E-state index contributed by atoms with van der Waals surface area (Å²) < 4.78 is 17.8. The molecule has 0 aliphatic carbocycles. The average Bonchev–Trinajstić information content (AvgIpc) is 3.42. The van der Waals surface area contributed by atoms with E-state index in [1.54, 1.807) is 96.3 Å². The summed E-state index contributed by atoms with van der Waals surface area (Å²) in [6, 6.07) is 19.6. The van der Waals surface area contributed by atoms with Crippen LogP contribution in [0.25, 0.3) is 10.9 Å². The van der Waals surface area contributed by atoms with Crippen LogP contribution in [-0.4, -0.2) is 78.6 Å². The van der Waals surface area contributed by atoms with Crippen LogP contribution < -0.4 is 10.1 Å². The van der Waals surface area contributed by atoms with Gasteiger partial charge in [0.15, 0.2) is 0 Å². The fourth-order valence-corrected chi connectivity index (χ4v) is 6.06. The van der Waals surface area contributed by atoms with Gasteiger partial charge in [-0.3, -0.25) is 28.5 Å². The molecule has 276 valence electrons. The van der Waals surface area contributed by atoms with Gasteiger partial charge in [0.05, 0.1) is 32.3 Å². The van der Waals surface area contributed by atoms with Crippen molar-refractivity contribution in [1.82, 2.24) is 14.8 Å². The molecule has 0 fully saturated rings. The number of methoxy groups -OCH3 is 1. The Morgan fingerprint density at radius 3 is 2.13 bits per heavy atom. The molecule has 0 bridgehead atoms. The molecule has 1 aromatic heterocycles. The second-order valence-corrected chi connectivity index (χ2v) is 12.8. The van der Waals surface area contributed by atoms with Gasteiger partial charge in [0.25, 0.3) is 11.8 Å². The van der Waals surface area contributed by atoms with Gasteiger partial charge in [-0.15, -0.1) is 0 Å². The minimum atomic E-state index is -0.893. The highest BCUT2D eigenvalue weighted by molar-refractivity contribution is 6.30. The molecule has 2 amide bonds. The average molecular weight is 732 g/mol. The molecule has 11 nitrogen and oxygen atoms in total. The Balaban J connectivity index is 1.31. The zero-order chi connectivity index (χ0) is 37.6. The lowest BCUT2D eigenvalue weighted by Crippen LogP contribution is -2.49. The predicted octanol–water partition coefficient (Wildman–Crippen LogP) is 6.55. The summed E-state index contributed by atoms with van der Waals surface area (Å²) in [5.41, 5.74) is 2.71. The SMILES string of the molecule is CCCN(CCC)C(=O)C(CCC(=O)OCCCOC(=O)Cc1c(C)n(C(=O)c2ccc(Cl)cc2)c2ccc(OC)cc12)NC(=O)c1ccccc1. The highest BCUT2D eigenvalue weighted by Gasteiger charge is 2.27. The Bertz CT molecular complexity index is 1850. The van der Waals surface area contributed by atoms with E-state index in [0.717, 1.165) is 12.8 Å². The van der Waals surface area contributed by atoms with Crippen LogP contribution >= 0.6 is 11.6 Å². The molecule has 0 saturated heterocycles. The smallest absolute Gasteiger partial charge is 0.310 e. The fourth-order valence-electron chi connectivity index (χ4n) is 5.94. The van der Waals surface area contributed by atoms with Crippen molar-refractivity contribution in [2.75, 3.05) is 33.4 Å². The summed E-state index contributed by atoms with van der Waals surface area (Å²) in [6.45, 7) is 6.84. The number of carbonyl (C=O) groups is 5. The largest absolute Gasteiger partial charge is 0.497 e. The number of rotatable bonds is 18.